The molecule has 0 spiro atoms. The largest absolute Gasteiger partial charge is 0.419 e. The summed E-state index contributed by atoms with van der Waals surface area (Å²) in [7, 11) is 1.67. The number of benzene rings is 2. The van der Waals surface area contributed by atoms with E-state index in [-0.39, 0.29) is 11.1 Å². The highest BCUT2D eigenvalue weighted by atomic mass is 19.4. The maximum Gasteiger partial charge on any atom is 0.419 e. The van der Waals surface area contributed by atoms with E-state index in [9.17, 15) is 27.5 Å². The monoisotopic (exact) mass is 421 g/mol. The van der Waals surface area contributed by atoms with Crippen LogP contribution in [0.3, 0.4) is 0 Å². The molecule has 1 atom stereocenters. The van der Waals surface area contributed by atoms with Crippen LogP contribution in [0.4, 0.5) is 17.6 Å². The van der Waals surface area contributed by atoms with E-state index in [2.05, 4.69) is 10.4 Å². The van der Waals surface area contributed by atoms with E-state index in [0.717, 1.165) is 11.6 Å². The fourth-order valence-corrected chi connectivity index (χ4v) is 3.10. The number of nitrogens with one attached hydrogen (secondary N) is 1. The number of hydrogen-bond acceptors (Lipinski definition) is 3. The molecule has 0 fully saturated rings. The number of rotatable bonds is 6. The third-order valence-corrected chi connectivity index (χ3v) is 4.71. The maximum atomic E-state index is 13.5. The van der Waals surface area contributed by atoms with Crippen LogP contribution < -0.4 is 5.32 Å². The minimum atomic E-state index is -4.89. The summed E-state index contributed by atoms with van der Waals surface area (Å²) in [6.07, 6.45) is -3.12. The van der Waals surface area contributed by atoms with Crippen LogP contribution in [-0.4, -0.2) is 27.4 Å². The summed E-state index contributed by atoms with van der Waals surface area (Å²) >= 11 is 0. The van der Waals surface area contributed by atoms with E-state index in [1.54, 1.807) is 7.05 Å². The van der Waals surface area contributed by atoms with Gasteiger partial charge in [-0.15, -0.1) is 0 Å². The Morgan fingerprint density at radius 1 is 1.20 bits per heavy atom. The van der Waals surface area contributed by atoms with Crippen LogP contribution in [0.1, 0.15) is 38.8 Å². The minimum absolute atomic E-state index is 0.0620. The molecular formula is C21H19F4N3O2. The molecular weight excluding hydrogens is 402 g/mol. The summed E-state index contributed by atoms with van der Waals surface area (Å²) in [6.45, 7) is -0.664. The first-order valence-corrected chi connectivity index (χ1v) is 9.04. The zero-order valence-corrected chi connectivity index (χ0v) is 15.9. The summed E-state index contributed by atoms with van der Waals surface area (Å²) in [4.78, 5) is 12.8. The molecule has 0 aliphatic rings. The second-order valence-electron chi connectivity index (χ2n) is 6.74. The second kappa shape index (κ2) is 8.66. The van der Waals surface area contributed by atoms with Crippen LogP contribution in [0.25, 0.3) is 0 Å². The number of aliphatic hydroxyl groups excluding tert-OH is 1. The lowest BCUT2D eigenvalue weighted by molar-refractivity contribution is -0.140. The van der Waals surface area contributed by atoms with Gasteiger partial charge in [0.15, 0.2) is 0 Å². The smallest absolute Gasteiger partial charge is 0.394 e. The van der Waals surface area contributed by atoms with Crippen LogP contribution in [0, 0.1) is 5.82 Å². The highest BCUT2D eigenvalue weighted by Crippen LogP contribution is 2.33. The predicted octanol–water partition coefficient (Wildman–Crippen LogP) is 3.63. The van der Waals surface area contributed by atoms with E-state index < -0.39 is 36.1 Å². The molecule has 0 bridgehead atoms. The Bertz CT molecular complexity index is 1030. The number of amides is 1. The van der Waals surface area contributed by atoms with E-state index in [1.165, 1.54) is 10.9 Å². The number of aryl methyl sites for hydroxylation is 1. The Balaban J connectivity index is 1.85. The van der Waals surface area contributed by atoms with Gasteiger partial charge in [-0.1, -0.05) is 36.4 Å². The first-order valence-electron chi connectivity index (χ1n) is 9.04. The molecule has 158 valence electrons. The van der Waals surface area contributed by atoms with Crippen molar-refractivity contribution in [3.8, 4) is 0 Å². The van der Waals surface area contributed by atoms with Gasteiger partial charge in [-0.3, -0.25) is 9.48 Å². The number of carbonyl (C=O) groups is 1. The van der Waals surface area contributed by atoms with Gasteiger partial charge in [0.2, 0.25) is 0 Å². The van der Waals surface area contributed by atoms with Crippen molar-refractivity contribution in [3.63, 3.8) is 0 Å². The van der Waals surface area contributed by atoms with Crippen LogP contribution in [-0.2, 0) is 19.6 Å². The normalized spacial score (nSPS) is 12.6. The molecule has 3 rings (SSSR count). The molecule has 1 amide bonds. The number of aliphatic hydroxyl groups is 1. The lowest BCUT2D eigenvalue weighted by Gasteiger charge is -2.19. The molecule has 5 nitrogen and oxygen atoms in total. The molecule has 0 radical (unpaired) electrons. The molecule has 1 aromatic heterocycles. The van der Waals surface area contributed by atoms with Gasteiger partial charge >= 0.3 is 6.18 Å². The van der Waals surface area contributed by atoms with E-state index >= 15 is 0 Å². The van der Waals surface area contributed by atoms with Crippen molar-refractivity contribution < 1.29 is 27.5 Å². The van der Waals surface area contributed by atoms with Gasteiger partial charge in [0.25, 0.3) is 5.91 Å². The number of halogens is 4. The maximum absolute atomic E-state index is 13.5. The van der Waals surface area contributed by atoms with Crippen LogP contribution in [0.2, 0.25) is 0 Å². The van der Waals surface area contributed by atoms with Gasteiger partial charge in [-0.2, -0.15) is 18.3 Å². The van der Waals surface area contributed by atoms with Crippen molar-refractivity contribution in [2.75, 3.05) is 6.61 Å². The topological polar surface area (TPSA) is 67.2 Å². The summed E-state index contributed by atoms with van der Waals surface area (Å²) in [6, 6.07) is 10.6. The van der Waals surface area contributed by atoms with E-state index in [1.807, 2.05) is 30.3 Å². The van der Waals surface area contributed by atoms with E-state index in [0.29, 0.717) is 24.2 Å². The molecule has 30 heavy (non-hydrogen) atoms. The van der Waals surface area contributed by atoms with Crippen molar-refractivity contribution >= 4 is 5.91 Å². The summed E-state index contributed by atoms with van der Waals surface area (Å²) in [5, 5.41) is 16.2. The Morgan fingerprint density at radius 3 is 2.53 bits per heavy atom. The molecule has 0 aliphatic carbocycles. The number of hydrogen-bond donors (Lipinski definition) is 2. The predicted molar refractivity (Wildman–Crippen MR) is 101 cm³/mol. The molecule has 2 aromatic carbocycles. The Kier molecular flexibility index (Phi) is 6.21. The number of aromatic nitrogens is 2. The fraction of sp³-hybridized carbons (Fsp3) is 0.238. The highest BCUT2D eigenvalue weighted by molar-refractivity contribution is 5.95. The van der Waals surface area contributed by atoms with Crippen LogP contribution in [0.5, 0.6) is 0 Å². The van der Waals surface area contributed by atoms with Gasteiger partial charge in [0, 0.05) is 13.5 Å². The lowest BCUT2D eigenvalue weighted by Crippen LogP contribution is -2.31. The standard InChI is InChI=1S/C21H19F4N3O2/c1-28-19(9-13-5-3-2-4-6-13)15(11-26-28)20(30)27-18(12-29)14-7-8-17(22)16(10-14)21(23,24)25/h2-8,10-11,18,29H,9,12H2,1H3,(H,27,30). The SMILES string of the molecule is Cn1ncc(C(=O)NC(CO)c2ccc(F)c(C(F)(F)F)c2)c1Cc1ccccc1. The van der Waals surface area contributed by atoms with Gasteiger partial charge < -0.3 is 10.4 Å². The zero-order chi connectivity index (χ0) is 21.9. The minimum Gasteiger partial charge on any atom is -0.394 e. The number of alkyl halides is 3. The lowest BCUT2D eigenvalue weighted by atomic mass is 10.0. The number of carbonyl (C=O) groups excluding carboxylic acids is 1. The molecule has 1 heterocycles. The first kappa shape index (κ1) is 21.5. The molecule has 0 saturated carbocycles. The van der Waals surface area contributed by atoms with Crippen molar-refractivity contribution in [1.82, 2.24) is 15.1 Å². The highest BCUT2D eigenvalue weighted by Gasteiger charge is 2.35. The Morgan fingerprint density at radius 2 is 1.90 bits per heavy atom. The Hall–Kier alpha value is -3.20. The zero-order valence-electron chi connectivity index (χ0n) is 15.9. The quantitative estimate of drug-likeness (QED) is 0.598. The molecule has 3 aromatic rings. The average molecular weight is 421 g/mol. The Labute approximate surface area is 170 Å². The number of nitrogens with zero attached hydrogens (tertiary/aromatic N) is 2. The molecule has 2 N–H and O–H groups in total. The first-order chi connectivity index (χ1) is 14.2. The summed E-state index contributed by atoms with van der Waals surface area (Å²) in [5.41, 5.74) is 0.262. The summed E-state index contributed by atoms with van der Waals surface area (Å²) in [5.74, 6) is -2.03. The van der Waals surface area contributed by atoms with Crippen LogP contribution >= 0.6 is 0 Å². The van der Waals surface area contributed by atoms with Gasteiger partial charge in [0.1, 0.15) is 5.82 Å². The summed E-state index contributed by atoms with van der Waals surface area (Å²) < 4.78 is 54.0. The van der Waals surface area contributed by atoms with Crippen LogP contribution in [0.15, 0.2) is 54.7 Å². The third kappa shape index (κ3) is 4.68. The van der Waals surface area contributed by atoms with Gasteiger partial charge in [0.05, 0.1) is 35.7 Å². The molecule has 9 heteroatoms. The molecule has 1 unspecified atom stereocenters. The van der Waals surface area contributed by atoms with Gasteiger partial charge in [-0.25, -0.2) is 4.39 Å². The van der Waals surface area contributed by atoms with E-state index in [4.69, 9.17) is 0 Å². The van der Waals surface area contributed by atoms with Crippen molar-refractivity contribution in [1.29, 1.82) is 0 Å². The average Bonchev–Trinajstić information content (AvgIpc) is 3.07. The molecule has 0 saturated heterocycles. The fourth-order valence-electron chi connectivity index (χ4n) is 3.10. The van der Waals surface area contributed by atoms with Crippen molar-refractivity contribution in [2.45, 2.75) is 18.6 Å². The second-order valence-corrected chi connectivity index (χ2v) is 6.74. The van der Waals surface area contributed by atoms with Crippen molar-refractivity contribution in [2.24, 2.45) is 7.05 Å². The molecule has 0 aliphatic heterocycles. The van der Waals surface area contributed by atoms with Gasteiger partial charge in [-0.05, 0) is 23.3 Å². The third-order valence-electron chi connectivity index (χ3n) is 4.71. The van der Waals surface area contributed by atoms with Crippen molar-refractivity contribution in [3.05, 3.63) is 88.5 Å².